The van der Waals surface area contributed by atoms with E-state index < -0.39 is 0 Å². The van der Waals surface area contributed by atoms with E-state index in [0.717, 1.165) is 48.3 Å². The van der Waals surface area contributed by atoms with Gasteiger partial charge in [0.15, 0.2) is 0 Å². The lowest BCUT2D eigenvalue weighted by atomic mass is 10.2. The van der Waals surface area contributed by atoms with Gasteiger partial charge in [-0.3, -0.25) is 5.01 Å². The van der Waals surface area contributed by atoms with Gasteiger partial charge in [0, 0.05) is 15.6 Å². The zero-order valence-electron chi connectivity index (χ0n) is 12.9. The summed E-state index contributed by atoms with van der Waals surface area (Å²) < 4.78 is 0. The maximum absolute atomic E-state index is 6.24. The quantitative estimate of drug-likeness (QED) is 0.842. The molecule has 0 atom stereocenters. The topological polar surface area (TPSA) is 20.0 Å². The molecule has 0 unspecified atom stereocenters. The normalized spacial score (nSPS) is 16.2. The number of nitrogens with one attached hydrogen (secondary N) is 1. The van der Waals surface area contributed by atoms with Crippen molar-refractivity contribution in [2.24, 2.45) is 5.10 Å². The molecule has 0 aliphatic carbocycles. The third kappa shape index (κ3) is 4.71. The van der Waals surface area contributed by atoms with Crippen LogP contribution in [-0.2, 0) is 6.54 Å². The molecule has 0 saturated carbocycles. The molecule has 5 heteroatoms. The van der Waals surface area contributed by atoms with Gasteiger partial charge in [0.1, 0.15) is 6.54 Å². The number of hydrogen-bond acceptors (Lipinski definition) is 2. The van der Waals surface area contributed by atoms with E-state index in [4.69, 9.17) is 23.2 Å². The number of benzene rings is 2. The maximum Gasteiger partial charge on any atom is 0.104 e. The van der Waals surface area contributed by atoms with E-state index in [1.807, 2.05) is 48.7 Å². The molecule has 0 bridgehead atoms. The number of hydrogen-bond donors (Lipinski definition) is 1. The molecule has 1 saturated heterocycles. The fourth-order valence-corrected chi connectivity index (χ4v) is 3.04. The van der Waals surface area contributed by atoms with E-state index in [9.17, 15) is 0 Å². The lowest BCUT2D eigenvalue weighted by Gasteiger charge is -2.30. The van der Waals surface area contributed by atoms with Gasteiger partial charge in [-0.25, -0.2) is 0 Å². The molecule has 0 amide bonds. The fraction of sp³-hybridized carbons (Fsp3) is 0.278. The van der Waals surface area contributed by atoms with Crippen LogP contribution in [0.4, 0.5) is 0 Å². The molecule has 120 valence electrons. The van der Waals surface area contributed by atoms with Gasteiger partial charge in [-0.05, 0) is 23.8 Å². The van der Waals surface area contributed by atoms with Crippen LogP contribution in [0.25, 0.3) is 0 Å². The zero-order chi connectivity index (χ0) is 16.1. The van der Waals surface area contributed by atoms with Crippen molar-refractivity contribution in [3.63, 3.8) is 0 Å². The average molecular weight is 349 g/mol. The van der Waals surface area contributed by atoms with Crippen molar-refractivity contribution < 1.29 is 4.90 Å². The molecule has 1 N–H and O–H groups in total. The molecule has 1 fully saturated rings. The number of nitrogens with zero attached hydrogens (tertiary/aromatic N) is 2. The summed E-state index contributed by atoms with van der Waals surface area (Å²) in [5.41, 5.74) is 2.29. The van der Waals surface area contributed by atoms with E-state index in [-0.39, 0.29) is 0 Å². The highest BCUT2D eigenvalue weighted by molar-refractivity contribution is 6.31. The minimum Gasteiger partial charge on any atom is -0.328 e. The molecule has 0 aromatic heterocycles. The minimum absolute atomic E-state index is 0.749. The predicted molar refractivity (Wildman–Crippen MR) is 96.5 cm³/mol. The first-order chi connectivity index (χ1) is 11.2. The van der Waals surface area contributed by atoms with Crippen LogP contribution in [0.2, 0.25) is 10.0 Å². The van der Waals surface area contributed by atoms with Crippen LogP contribution >= 0.6 is 23.2 Å². The van der Waals surface area contributed by atoms with Crippen molar-refractivity contribution >= 4 is 29.4 Å². The van der Waals surface area contributed by atoms with Crippen LogP contribution in [0.15, 0.2) is 53.6 Å². The van der Waals surface area contributed by atoms with Gasteiger partial charge in [-0.15, -0.1) is 0 Å². The number of halogens is 2. The van der Waals surface area contributed by atoms with E-state index in [1.165, 1.54) is 5.56 Å². The lowest BCUT2D eigenvalue weighted by Crippen LogP contribution is -3.13. The van der Waals surface area contributed by atoms with Crippen molar-refractivity contribution in [1.82, 2.24) is 5.01 Å². The third-order valence-electron chi connectivity index (χ3n) is 4.09. The Hall–Kier alpha value is -1.55. The van der Waals surface area contributed by atoms with Gasteiger partial charge in [0.25, 0.3) is 0 Å². The van der Waals surface area contributed by atoms with Crippen molar-refractivity contribution in [2.75, 3.05) is 26.2 Å². The van der Waals surface area contributed by atoms with Gasteiger partial charge in [0.05, 0.1) is 32.4 Å². The molecule has 1 heterocycles. The molecule has 1 aliphatic heterocycles. The number of rotatable bonds is 4. The Labute approximate surface area is 147 Å². The maximum atomic E-state index is 6.24. The Bertz CT molecular complexity index is 662. The van der Waals surface area contributed by atoms with Gasteiger partial charge in [-0.2, -0.15) is 5.10 Å². The lowest BCUT2D eigenvalue weighted by molar-refractivity contribution is -0.918. The van der Waals surface area contributed by atoms with Gasteiger partial charge in [-0.1, -0.05) is 53.5 Å². The smallest absolute Gasteiger partial charge is 0.104 e. The molecule has 2 aromatic carbocycles. The van der Waals surface area contributed by atoms with E-state index in [2.05, 4.69) is 16.2 Å². The summed E-state index contributed by atoms with van der Waals surface area (Å²) in [5, 5.41) is 8.31. The second kappa shape index (κ2) is 7.82. The monoisotopic (exact) mass is 348 g/mol. The Kier molecular flexibility index (Phi) is 5.55. The van der Waals surface area contributed by atoms with Crippen LogP contribution in [-0.4, -0.2) is 37.4 Å². The van der Waals surface area contributed by atoms with Crippen molar-refractivity contribution in [2.45, 2.75) is 6.54 Å². The zero-order valence-corrected chi connectivity index (χ0v) is 14.4. The van der Waals surface area contributed by atoms with E-state index in [0.29, 0.717) is 0 Å². The summed E-state index contributed by atoms with van der Waals surface area (Å²) in [6, 6.07) is 15.8. The first kappa shape index (κ1) is 16.3. The molecule has 3 nitrogen and oxygen atoms in total. The Balaban J connectivity index is 1.50. The highest BCUT2D eigenvalue weighted by atomic mass is 35.5. The third-order valence-corrected chi connectivity index (χ3v) is 4.71. The summed E-state index contributed by atoms with van der Waals surface area (Å²) in [4.78, 5) is 1.55. The fourth-order valence-electron chi connectivity index (χ4n) is 2.71. The first-order valence-corrected chi connectivity index (χ1v) is 8.58. The second-order valence-corrected chi connectivity index (χ2v) is 6.61. The SMILES string of the molecule is Clc1ccc(/C=N\N2CC[NH+](Cc3ccccc3Cl)CC2)cc1. The molecule has 2 aromatic rings. The van der Waals surface area contributed by atoms with Gasteiger partial charge in [0.2, 0.25) is 0 Å². The van der Waals surface area contributed by atoms with Crippen molar-refractivity contribution in [3.05, 3.63) is 69.7 Å². The first-order valence-electron chi connectivity index (χ1n) is 7.82. The van der Waals surface area contributed by atoms with Gasteiger partial charge < -0.3 is 4.90 Å². The standard InChI is InChI=1S/C18H19Cl2N3/c19-17-7-5-15(6-8-17)13-21-23-11-9-22(10-12-23)14-16-3-1-2-4-18(16)20/h1-8,13H,9-12,14H2/p+1/b21-13-. The summed E-state index contributed by atoms with van der Waals surface area (Å²) in [6.45, 7) is 5.05. The summed E-state index contributed by atoms with van der Waals surface area (Å²) >= 11 is 12.1. The molecule has 3 rings (SSSR count). The Morgan fingerprint density at radius 1 is 1.00 bits per heavy atom. The van der Waals surface area contributed by atoms with Crippen molar-refractivity contribution in [3.8, 4) is 0 Å². The predicted octanol–water partition coefficient (Wildman–Crippen LogP) is 2.73. The molecule has 23 heavy (non-hydrogen) atoms. The Morgan fingerprint density at radius 2 is 1.70 bits per heavy atom. The molecular weight excluding hydrogens is 329 g/mol. The van der Waals surface area contributed by atoms with Crippen molar-refractivity contribution in [1.29, 1.82) is 0 Å². The molecule has 0 radical (unpaired) electrons. The average Bonchev–Trinajstić information content (AvgIpc) is 2.58. The summed E-state index contributed by atoms with van der Waals surface area (Å²) in [5.74, 6) is 0. The number of quaternary nitrogens is 1. The van der Waals surface area contributed by atoms with Crippen LogP contribution < -0.4 is 4.90 Å². The van der Waals surface area contributed by atoms with E-state index >= 15 is 0 Å². The Morgan fingerprint density at radius 3 is 2.39 bits per heavy atom. The van der Waals surface area contributed by atoms with Crippen LogP contribution in [0.3, 0.4) is 0 Å². The van der Waals surface area contributed by atoms with Gasteiger partial charge >= 0.3 is 0 Å². The largest absolute Gasteiger partial charge is 0.328 e. The number of piperazine rings is 1. The highest BCUT2D eigenvalue weighted by Crippen LogP contribution is 2.13. The summed E-state index contributed by atoms with van der Waals surface area (Å²) in [7, 11) is 0. The van der Waals surface area contributed by atoms with Crippen LogP contribution in [0.5, 0.6) is 0 Å². The van der Waals surface area contributed by atoms with E-state index in [1.54, 1.807) is 4.90 Å². The minimum atomic E-state index is 0.749. The van der Waals surface area contributed by atoms with Crippen LogP contribution in [0.1, 0.15) is 11.1 Å². The number of hydrazone groups is 1. The molecule has 0 spiro atoms. The molecular formula is C18H20Cl2N3+. The molecule has 1 aliphatic rings. The summed E-state index contributed by atoms with van der Waals surface area (Å²) in [6.07, 6.45) is 1.90. The highest BCUT2D eigenvalue weighted by Gasteiger charge is 2.19. The van der Waals surface area contributed by atoms with Crippen LogP contribution in [0, 0.1) is 0 Å². The second-order valence-electron chi connectivity index (χ2n) is 5.77.